The number of carbonyl (C=O) groups excluding carboxylic acids is 1. The number of nitrogens with one attached hydrogen (secondary N) is 2. The van der Waals surface area contributed by atoms with E-state index in [1.807, 2.05) is 30.3 Å². The van der Waals surface area contributed by atoms with E-state index in [4.69, 9.17) is 0 Å². The molecule has 0 radical (unpaired) electrons. The van der Waals surface area contributed by atoms with Crippen molar-refractivity contribution in [2.75, 3.05) is 6.61 Å². The molecular formula is C14H15N3O3. The Hall–Kier alpha value is -2.47. The number of H-pyrrole nitrogens is 1. The SMILES string of the molecule is O=C(N[C@H](CO)Cc1ccccc1)c1c[nH]c(=O)cn1. The number of aliphatic hydroxyl groups is 1. The number of nitrogens with zero attached hydrogens (tertiary/aromatic N) is 1. The summed E-state index contributed by atoms with van der Waals surface area (Å²) in [6, 6.07) is 9.14. The summed E-state index contributed by atoms with van der Waals surface area (Å²) >= 11 is 0. The van der Waals surface area contributed by atoms with Crippen molar-refractivity contribution >= 4 is 5.91 Å². The molecule has 0 saturated carbocycles. The predicted molar refractivity (Wildman–Crippen MR) is 73.3 cm³/mol. The summed E-state index contributed by atoms with van der Waals surface area (Å²) < 4.78 is 0. The summed E-state index contributed by atoms with van der Waals surface area (Å²) in [7, 11) is 0. The minimum absolute atomic E-state index is 0.108. The molecule has 0 aliphatic rings. The zero-order valence-corrected chi connectivity index (χ0v) is 10.7. The summed E-state index contributed by atoms with van der Waals surface area (Å²) in [6.45, 7) is -0.177. The number of benzene rings is 1. The van der Waals surface area contributed by atoms with Gasteiger partial charge in [0.05, 0.1) is 18.8 Å². The van der Waals surface area contributed by atoms with Gasteiger partial charge in [-0.15, -0.1) is 0 Å². The van der Waals surface area contributed by atoms with Gasteiger partial charge < -0.3 is 15.4 Å². The average molecular weight is 273 g/mol. The van der Waals surface area contributed by atoms with Crippen molar-refractivity contribution in [2.45, 2.75) is 12.5 Å². The van der Waals surface area contributed by atoms with Crippen LogP contribution in [0.25, 0.3) is 0 Å². The topological polar surface area (TPSA) is 95.1 Å². The van der Waals surface area contributed by atoms with Gasteiger partial charge in [-0.3, -0.25) is 9.59 Å². The van der Waals surface area contributed by atoms with Crippen molar-refractivity contribution in [1.82, 2.24) is 15.3 Å². The molecule has 0 bridgehead atoms. The van der Waals surface area contributed by atoms with Crippen LogP contribution in [0.1, 0.15) is 16.1 Å². The Morgan fingerprint density at radius 1 is 1.35 bits per heavy atom. The molecule has 6 heteroatoms. The van der Waals surface area contributed by atoms with Crippen LogP contribution in [0.5, 0.6) is 0 Å². The quantitative estimate of drug-likeness (QED) is 0.720. The lowest BCUT2D eigenvalue weighted by molar-refractivity contribution is 0.0911. The first-order valence-corrected chi connectivity index (χ1v) is 6.19. The summed E-state index contributed by atoms with van der Waals surface area (Å²) in [5, 5.41) is 12.0. The lowest BCUT2D eigenvalue weighted by atomic mass is 10.1. The lowest BCUT2D eigenvalue weighted by Crippen LogP contribution is -2.39. The van der Waals surface area contributed by atoms with Crippen LogP contribution in [0.15, 0.2) is 47.5 Å². The summed E-state index contributed by atoms with van der Waals surface area (Å²) in [4.78, 5) is 28.9. The summed E-state index contributed by atoms with van der Waals surface area (Å²) in [5.74, 6) is -0.434. The number of aromatic amines is 1. The molecule has 0 spiro atoms. The molecule has 1 aromatic heterocycles. The molecule has 104 valence electrons. The smallest absolute Gasteiger partial charge is 0.271 e. The molecule has 1 aromatic carbocycles. The van der Waals surface area contributed by atoms with Crippen LogP contribution >= 0.6 is 0 Å². The highest BCUT2D eigenvalue weighted by atomic mass is 16.3. The number of aromatic nitrogens is 2. The van der Waals surface area contributed by atoms with Gasteiger partial charge in [-0.05, 0) is 12.0 Å². The van der Waals surface area contributed by atoms with Gasteiger partial charge in [-0.2, -0.15) is 0 Å². The standard InChI is InChI=1S/C14H15N3O3/c18-9-11(6-10-4-2-1-3-5-10)17-14(20)12-7-16-13(19)8-15-12/h1-5,7-8,11,18H,6,9H2,(H,16,19)(H,17,20)/t11-/m0/s1. The predicted octanol–water partition coefficient (Wildman–Crippen LogP) is 0.103. The van der Waals surface area contributed by atoms with Gasteiger partial charge in [0.1, 0.15) is 5.69 Å². The van der Waals surface area contributed by atoms with Crippen LogP contribution in [0.4, 0.5) is 0 Å². The van der Waals surface area contributed by atoms with Crippen LogP contribution in [0.2, 0.25) is 0 Å². The second kappa shape index (κ2) is 6.63. The molecule has 3 N–H and O–H groups in total. The molecule has 1 amide bonds. The number of amides is 1. The zero-order chi connectivity index (χ0) is 14.4. The van der Waals surface area contributed by atoms with E-state index in [1.165, 1.54) is 6.20 Å². The van der Waals surface area contributed by atoms with E-state index in [0.29, 0.717) is 6.42 Å². The monoisotopic (exact) mass is 273 g/mol. The zero-order valence-electron chi connectivity index (χ0n) is 10.7. The van der Waals surface area contributed by atoms with Crippen LogP contribution in [0.3, 0.4) is 0 Å². The van der Waals surface area contributed by atoms with Crippen LogP contribution in [-0.2, 0) is 6.42 Å². The Morgan fingerprint density at radius 2 is 2.10 bits per heavy atom. The van der Waals surface area contributed by atoms with Crippen molar-refractivity contribution in [1.29, 1.82) is 0 Å². The van der Waals surface area contributed by atoms with Crippen molar-refractivity contribution in [3.8, 4) is 0 Å². The van der Waals surface area contributed by atoms with E-state index in [1.54, 1.807) is 0 Å². The number of carbonyl (C=O) groups is 1. The normalized spacial score (nSPS) is 11.8. The van der Waals surface area contributed by atoms with E-state index in [0.717, 1.165) is 11.8 Å². The van der Waals surface area contributed by atoms with Crippen LogP contribution < -0.4 is 10.9 Å². The molecule has 1 atom stereocenters. The van der Waals surface area contributed by atoms with Gasteiger partial charge in [0.15, 0.2) is 0 Å². The molecule has 2 aromatic rings. The number of hydrogen-bond donors (Lipinski definition) is 3. The van der Waals surface area contributed by atoms with E-state index in [2.05, 4.69) is 15.3 Å². The molecule has 0 unspecified atom stereocenters. The van der Waals surface area contributed by atoms with Crippen molar-refractivity contribution in [3.05, 3.63) is 64.3 Å². The average Bonchev–Trinajstić information content (AvgIpc) is 2.48. The maximum atomic E-state index is 11.9. The van der Waals surface area contributed by atoms with Crippen molar-refractivity contribution in [3.63, 3.8) is 0 Å². The minimum Gasteiger partial charge on any atom is -0.394 e. The largest absolute Gasteiger partial charge is 0.394 e. The second-order valence-corrected chi connectivity index (χ2v) is 4.34. The Bertz CT molecular complexity index is 605. The third-order valence-corrected chi connectivity index (χ3v) is 2.79. The van der Waals surface area contributed by atoms with E-state index in [9.17, 15) is 14.7 Å². The lowest BCUT2D eigenvalue weighted by Gasteiger charge is -2.16. The highest BCUT2D eigenvalue weighted by Crippen LogP contribution is 2.03. The van der Waals surface area contributed by atoms with Crippen molar-refractivity contribution in [2.24, 2.45) is 0 Å². The Morgan fingerprint density at radius 3 is 2.70 bits per heavy atom. The summed E-state index contributed by atoms with van der Waals surface area (Å²) in [5.41, 5.74) is 0.752. The maximum absolute atomic E-state index is 11.9. The molecule has 0 aliphatic heterocycles. The third-order valence-electron chi connectivity index (χ3n) is 2.79. The second-order valence-electron chi connectivity index (χ2n) is 4.34. The Labute approximate surface area is 115 Å². The first-order valence-electron chi connectivity index (χ1n) is 6.19. The molecular weight excluding hydrogens is 258 g/mol. The van der Waals surface area contributed by atoms with Gasteiger partial charge >= 0.3 is 0 Å². The van der Waals surface area contributed by atoms with Gasteiger partial charge in [-0.1, -0.05) is 30.3 Å². The van der Waals surface area contributed by atoms with E-state index in [-0.39, 0.29) is 17.9 Å². The van der Waals surface area contributed by atoms with Crippen molar-refractivity contribution < 1.29 is 9.90 Å². The molecule has 0 fully saturated rings. The molecule has 2 rings (SSSR count). The van der Waals surface area contributed by atoms with E-state index >= 15 is 0 Å². The highest BCUT2D eigenvalue weighted by Gasteiger charge is 2.14. The molecule has 1 heterocycles. The molecule has 20 heavy (non-hydrogen) atoms. The fourth-order valence-corrected chi connectivity index (χ4v) is 1.79. The maximum Gasteiger partial charge on any atom is 0.271 e. The first kappa shape index (κ1) is 14.0. The third kappa shape index (κ3) is 3.76. The Kier molecular flexibility index (Phi) is 4.62. The van der Waals surface area contributed by atoms with Gasteiger partial charge in [-0.25, -0.2) is 4.98 Å². The first-order chi connectivity index (χ1) is 9.69. The molecule has 6 nitrogen and oxygen atoms in total. The Balaban J connectivity index is 2.01. The van der Waals surface area contributed by atoms with Gasteiger partial charge in [0, 0.05) is 6.20 Å². The van der Waals surface area contributed by atoms with Gasteiger partial charge in [0.2, 0.25) is 0 Å². The molecule has 0 aliphatic carbocycles. The van der Waals surface area contributed by atoms with Crippen LogP contribution in [-0.4, -0.2) is 33.6 Å². The number of aliphatic hydroxyl groups excluding tert-OH is 1. The molecule has 0 saturated heterocycles. The summed E-state index contributed by atoms with van der Waals surface area (Å²) in [6.07, 6.45) is 2.81. The number of rotatable bonds is 5. The van der Waals surface area contributed by atoms with Crippen LogP contribution in [0, 0.1) is 0 Å². The van der Waals surface area contributed by atoms with E-state index < -0.39 is 11.9 Å². The fourth-order valence-electron chi connectivity index (χ4n) is 1.79. The van der Waals surface area contributed by atoms with Gasteiger partial charge in [0.25, 0.3) is 11.5 Å². The fraction of sp³-hybridized carbons (Fsp3) is 0.214. The highest BCUT2D eigenvalue weighted by molar-refractivity contribution is 5.92. The minimum atomic E-state index is -0.434. The number of hydrogen-bond acceptors (Lipinski definition) is 4.